The van der Waals surface area contributed by atoms with Crippen molar-refractivity contribution in [2.45, 2.75) is 31.2 Å². The number of fused-ring (bicyclic) bond motifs is 1. The van der Waals surface area contributed by atoms with Gasteiger partial charge in [0.15, 0.2) is 17.5 Å². The minimum atomic E-state index is -0.180. The number of hydrogen-bond donors (Lipinski definition) is 2. The maximum atomic E-state index is 13.6. The Morgan fingerprint density at radius 3 is 2.59 bits per heavy atom. The van der Waals surface area contributed by atoms with Crippen LogP contribution in [0.15, 0.2) is 47.5 Å². The van der Waals surface area contributed by atoms with E-state index in [-0.39, 0.29) is 35.2 Å². The summed E-state index contributed by atoms with van der Waals surface area (Å²) in [6.45, 7) is 2.73. The summed E-state index contributed by atoms with van der Waals surface area (Å²) in [5.74, 6) is 2.15. The Balaban J connectivity index is 0.00000240. The number of nitrogens with zero attached hydrogens (tertiary/aromatic N) is 1. The maximum Gasteiger partial charge on any atom is 0.191 e. The third-order valence-corrected chi connectivity index (χ3v) is 5.38. The highest BCUT2D eigenvalue weighted by molar-refractivity contribution is 14.0. The molecule has 1 aliphatic heterocycles. The van der Waals surface area contributed by atoms with E-state index in [0.717, 1.165) is 54.4 Å². The molecule has 1 saturated carbocycles. The molecular weight excluding hydrogens is 484 g/mol. The summed E-state index contributed by atoms with van der Waals surface area (Å²) in [5, 5.41) is 6.73. The smallest absolute Gasteiger partial charge is 0.191 e. The Kier molecular flexibility index (Phi) is 7.21. The fraction of sp³-hybridized carbons (Fsp3) is 0.409. The Morgan fingerprint density at radius 1 is 1.07 bits per heavy atom. The quantitative estimate of drug-likeness (QED) is 0.362. The van der Waals surface area contributed by atoms with Gasteiger partial charge in [-0.25, -0.2) is 4.39 Å². The van der Waals surface area contributed by atoms with E-state index in [9.17, 15) is 4.39 Å². The van der Waals surface area contributed by atoms with Crippen LogP contribution in [0.4, 0.5) is 4.39 Å². The molecular formula is C22H27FIN3O2. The molecule has 4 rings (SSSR count). The van der Waals surface area contributed by atoms with Gasteiger partial charge in [-0.05, 0) is 48.2 Å². The van der Waals surface area contributed by atoms with Crippen molar-refractivity contribution in [2.24, 2.45) is 4.99 Å². The average molecular weight is 511 g/mol. The molecule has 0 amide bonds. The predicted octanol–water partition coefficient (Wildman–Crippen LogP) is 4.00. The summed E-state index contributed by atoms with van der Waals surface area (Å²) in [7, 11) is 1.76. The van der Waals surface area contributed by atoms with Gasteiger partial charge < -0.3 is 20.1 Å². The summed E-state index contributed by atoms with van der Waals surface area (Å²) in [6.07, 6.45) is 3.01. The first-order chi connectivity index (χ1) is 13.7. The van der Waals surface area contributed by atoms with Crippen molar-refractivity contribution in [1.82, 2.24) is 10.6 Å². The molecule has 0 bridgehead atoms. The third kappa shape index (κ3) is 5.32. The number of rotatable bonds is 5. The summed E-state index contributed by atoms with van der Waals surface area (Å²) in [5.41, 5.74) is 2.16. The van der Waals surface area contributed by atoms with Crippen molar-refractivity contribution < 1.29 is 13.9 Å². The van der Waals surface area contributed by atoms with E-state index in [4.69, 9.17) is 9.47 Å². The monoisotopic (exact) mass is 511 g/mol. The first-order valence-corrected chi connectivity index (χ1v) is 9.78. The molecule has 2 aromatic carbocycles. The van der Waals surface area contributed by atoms with Crippen LogP contribution in [0, 0.1) is 5.82 Å². The highest BCUT2D eigenvalue weighted by Crippen LogP contribution is 2.47. The van der Waals surface area contributed by atoms with Crippen LogP contribution in [0.5, 0.6) is 11.5 Å². The molecule has 0 unspecified atom stereocenters. The fourth-order valence-corrected chi connectivity index (χ4v) is 3.51. The molecule has 29 heavy (non-hydrogen) atoms. The first-order valence-electron chi connectivity index (χ1n) is 9.78. The van der Waals surface area contributed by atoms with Gasteiger partial charge in [0.25, 0.3) is 0 Å². The minimum absolute atomic E-state index is 0. The van der Waals surface area contributed by atoms with Gasteiger partial charge in [0, 0.05) is 32.0 Å². The van der Waals surface area contributed by atoms with E-state index in [0.29, 0.717) is 19.8 Å². The van der Waals surface area contributed by atoms with Gasteiger partial charge in [-0.3, -0.25) is 4.99 Å². The minimum Gasteiger partial charge on any atom is -0.490 e. The van der Waals surface area contributed by atoms with Crippen LogP contribution in [0.2, 0.25) is 0 Å². The van der Waals surface area contributed by atoms with Crippen LogP contribution in [-0.2, 0) is 12.0 Å². The zero-order valence-electron chi connectivity index (χ0n) is 16.5. The molecule has 1 heterocycles. The van der Waals surface area contributed by atoms with E-state index in [2.05, 4.69) is 15.6 Å². The zero-order valence-corrected chi connectivity index (χ0v) is 18.9. The highest BCUT2D eigenvalue weighted by atomic mass is 127. The van der Waals surface area contributed by atoms with Crippen LogP contribution < -0.4 is 20.1 Å². The van der Waals surface area contributed by atoms with Crippen LogP contribution in [0.25, 0.3) is 0 Å². The van der Waals surface area contributed by atoms with Crippen LogP contribution in [0.1, 0.15) is 30.4 Å². The van der Waals surface area contributed by atoms with Gasteiger partial charge in [0.2, 0.25) is 0 Å². The van der Waals surface area contributed by atoms with Gasteiger partial charge in [0.05, 0.1) is 13.2 Å². The second kappa shape index (κ2) is 9.65. The van der Waals surface area contributed by atoms with Gasteiger partial charge >= 0.3 is 0 Å². The second-order valence-corrected chi connectivity index (χ2v) is 7.40. The van der Waals surface area contributed by atoms with E-state index in [1.54, 1.807) is 19.2 Å². The normalized spacial score (nSPS) is 17.0. The highest BCUT2D eigenvalue weighted by Gasteiger charge is 2.44. The molecule has 2 aliphatic rings. The molecule has 2 aromatic rings. The molecule has 0 atom stereocenters. The maximum absolute atomic E-state index is 13.6. The van der Waals surface area contributed by atoms with E-state index in [1.165, 1.54) is 6.07 Å². The standard InChI is InChI=1S/C22H26FN3O2.HI/c1-24-21(26-15-22(8-9-22)17-4-2-5-18(23)13-17)25-14-16-6-7-19-20(12-16)28-11-3-10-27-19;/h2,4-7,12-13H,3,8-11,14-15H2,1H3,(H2,24,25,26);1H. The lowest BCUT2D eigenvalue weighted by atomic mass is 9.96. The van der Waals surface area contributed by atoms with Crippen molar-refractivity contribution in [3.05, 3.63) is 59.4 Å². The molecule has 1 fully saturated rings. The molecule has 0 aromatic heterocycles. The van der Waals surface area contributed by atoms with Crippen molar-refractivity contribution in [3.8, 4) is 11.5 Å². The van der Waals surface area contributed by atoms with Gasteiger partial charge in [-0.2, -0.15) is 0 Å². The summed E-state index contributed by atoms with van der Waals surface area (Å²) < 4.78 is 25.0. The summed E-state index contributed by atoms with van der Waals surface area (Å²) >= 11 is 0. The van der Waals surface area contributed by atoms with E-state index < -0.39 is 0 Å². The van der Waals surface area contributed by atoms with Crippen LogP contribution in [0.3, 0.4) is 0 Å². The lowest BCUT2D eigenvalue weighted by Crippen LogP contribution is -2.40. The van der Waals surface area contributed by atoms with Gasteiger partial charge in [-0.15, -0.1) is 24.0 Å². The number of ether oxygens (including phenoxy) is 2. The summed E-state index contributed by atoms with van der Waals surface area (Å²) in [4.78, 5) is 4.31. The number of halogens is 2. The number of hydrogen-bond acceptors (Lipinski definition) is 3. The Morgan fingerprint density at radius 2 is 1.86 bits per heavy atom. The van der Waals surface area contributed by atoms with Crippen LogP contribution in [-0.4, -0.2) is 32.8 Å². The number of guanidine groups is 1. The lowest BCUT2D eigenvalue weighted by Gasteiger charge is -2.19. The van der Waals surface area contributed by atoms with Crippen LogP contribution >= 0.6 is 24.0 Å². The largest absolute Gasteiger partial charge is 0.490 e. The van der Waals surface area contributed by atoms with Crippen molar-refractivity contribution in [1.29, 1.82) is 0 Å². The SMILES string of the molecule is CN=C(NCc1ccc2c(c1)OCCCO2)NCC1(c2cccc(F)c2)CC1.I. The fourth-order valence-electron chi connectivity index (χ4n) is 3.51. The van der Waals surface area contributed by atoms with Crippen molar-refractivity contribution in [2.75, 3.05) is 26.8 Å². The predicted molar refractivity (Wildman–Crippen MR) is 123 cm³/mol. The van der Waals surface area contributed by atoms with Crippen molar-refractivity contribution >= 4 is 29.9 Å². The van der Waals surface area contributed by atoms with Gasteiger partial charge in [-0.1, -0.05) is 18.2 Å². The average Bonchev–Trinajstić information content (AvgIpc) is 3.52. The molecule has 0 radical (unpaired) electrons. The van der Waals surface area contributed by atoms with E-state index in [1.807, 2.05) is 24.3 Å². The Hall–Kier alpha value is -2.03. The number of nitrogens with one attached hydrogen (secondary N) is 2. The molecule has 0 saturated heterocycles. The molecule has 1 aliphatic carbocycles. The first kappa shape index (κ1) is 21.7. The number of aliphatic imine (C=N–C) groups is 1. The van der Waals surface area contributed by atoms with E-state index >= 15 is 0 Å². The third-order valence-electron chi connectivity index (χ3n) is 5.38. The zero-order chi connectivity index (χ0) is 19.4. The molecule has 5 nitrogen and oxygen atoms in total. The molecule has 7 heteroatoms. The molecule has 2 N–H and O–H groups in total. The molecule has 0 spiro atoms. The Bertz CT molecular complexity index is 871. The molecule has 156 valence electrons. The van der Waals surface area contributed by atoms with Gasteiger partial charge in [0.1, 0.15) is 5.82 Å². The lowest BCUT2D eigenvalue weighted by molar-refractivity contribution is 0.297. The Labute approximate surface area is 188 Å². The summed E-state index contributed by atoms with van der Waals surface area (Å²) in [6, 6.07) is 12.9. The second-order valence-electron chi connectivity index (χ2n) is 7.40. The number of benzene rings is 2. The topological polar surface area (TPSA) is 54.9 Å². The van der Waals surface area contributed by atoms with Crippen molar-refractivity contribution in [3.63, 3.8) is 0 Å².